The Hall–Kier alpha value is -1.85. The second-order valence-corrected chi connectivity index (χ2v) is 6.11. The lowest BCUT2D eigenvalue weighted by Crippen LogP contribution is -1.91. The van der Waals surface area contributed by atoms with E-state index < -0.39 is 0 Å². The van der Waals surface area contributed by atoms with Gasteiger partial charge < -0.3 is 4.52 Å². The Kier molecular flexibility index (Phi) is 4.22. The molecule has 1 aromatic carbocycles. The molecule has 1 unspecified atom stereocenters. The van der Waals surface area contributed by atoms with E-state index in [4.69, 9.17) is 16.1 Å². The zero-order valence-electron chi connectivity index (χ0n) is 11.2. The number of rotatable bonds is 4. The number of thioether (sulfide) groups is 1. The molecule has 1 atom stereocenters. The summed E-state index contributed by atoms with van der Waals surface area (Å²) < 4.78 is 5.34. The van der Waals surface area contributed by atoms with Crippen molar-refractivity contribution in [3.63, 3.8) is 0 Å². The summed E-state index contributed by atoms with van der Waals surface area (Å²) in [5.41, 5.74) is 0.931. The summed E-state index contributed by atoms with van der Waals surface area (Å²) in [5, 5.41) is 5.37. The van der Waals surface area contributed by atoms with E-state index in [0.717, 1.165) is 10.6 Å². The van der Waals surface area contributed by atoms with E-state index in [0.29, 0.717) is 16.7 Å². The van der Waals surface area contributed by atoms with Crippen molar-refractivity contribution in [2.45, 2.75) is 17.2 Å². The van der Waals surface area contributed by atoms with Crippen LogP contribution >= 0.6 is 23.4 Å². The molecule has 2 aromatic heterocycles. The number of hydrogen-bond acceptors (Lipinski definition) is 5. The van der Waals surface area contributed by atoms with E-state index >= 15 is 0 Å². The van der Waals surface area contributed by atoms with Crippen LogP contribution in [0.4, 0.5) is 0 Å². The van der Waals surface area contributed by atoms with Crippen molar-refractivity contribution in [2.75, 3.05) is 0 Å². The van der Waals surface area contributed by atoms with Crippen molar-refractivity contribution in [1.82, 2.24) is 15.1 Å². The van der Waals surface area contributed by atoms with Crippen LogP contribution in [0.3, 0.4) is 0 Å². The average Bonchev–Trinajstić information content (AvgIpc) is 3.00. The molecule has 2 heterocycles. The lowest BCUT2D eigenvalue weighted by atomic mass is 10.2. The molecular formula is C15H12ClN3OS. The fourth-order valence-electron chi connectivity index (χ4n) is 1.78. The van der Waals surface area contributed by atoms with Gasteiger partial charge in [0.1, 0.15) is 5.03 Å². The van der Waals surface area contributed by atoms with Crippen LogP contribution in [0.15, 0.2) is 58.2 Å². The molecule has 0 aliphatic rings. The predicted molar refractivity (Wildman–Crippen MR) is 83.3 cm³/mol. The fourth-order valence-corrected chi connectivity index (χ4v) is 2.87. The third-order valence-electron chi connectivity index (χ3n) is 2.83. The Labute approximate surface area is 131 Å². The average molecular weight is 318 g/mol. The molecule has 3 rings (SSSR count). The molecule has 0 amide bonds. The maximum absolute atomic E-state index is 6.11. The first-order chi connectivity index (χ1) is 10.2. The van der Waals surface area contributed by atoms with Crippen LogP contribution in [-0.2, 0) is 0 Å². The minimum absolute atomic E-state index is 0.0256. The molecule has 0 bridgehead atoms. The van der Waals surface area contributed by atoms with Crippen molar-refractivity contribution in [3.05, 3.63) is 59.6 Å². The van der Waals surface area contributed by atoms with Crippen molar-refractivity contribution in [2.24, 2.45) is 0 Å². The highest BCUT2D eigenvalue weighted by atomic mass is 35.5. The summed E-state index contributed by atoms with van der Waals surface area (Å²) in [6.07, 6.45) is 1.71. The highest BCUT2D eigenvalue weighted by molar-refractivity contribution is 7.99. The molecule has 0 spiro atoms. The van der Waals surface area contributed by atoms with Gasteiger partial charge in [0.2, 0.25) is 11.7 Å². The maximum atomic E-state index is 6.11. The van der Waals surface area contributed by atoms with Crippen LogP contribution in [0.2, 0.25) is 5.02 Å². The molecular weight excluding hydrogens is 306 g/mol. The van der Waals surface area contributed by atoms with E-state index in [1.54, 1.807) is 12.3 Å². The van der Waals surface area contributed by atoms with Crippen molar-refractivity contribution in [3.8, 4) is 11.4 Å². The molecule has 0 N–H and O–H groups in total. The zero-order chi connectivity index (χ0) is 14.7. The Morgan fingerprint density at radius 2 is 1.95 bits per heavy atom. The number of nitrogens with zero attached hydrogens (tertiary/aromatic N) is 3. The highest BCUT2D eigenvalue weighted by Gasteiger charge is 2.18. The summed E-state index contributed by atoms with van der Waals surface area (Å²) in [5.74, 6) is 1.14. The number of pyridine rings is 1. The fraction of sp³-hybridized carbons (Fsp3) is 0.133. The third-order valence-corrected chi connectivity index (χ3v) is 4.36. The standard InChI is InChI=1S/C15H12ClN3OS/c1-10(21-15-12(16)8-5-9-17-15)14-18-13(19-20-14)11-6-3-2-4-7-11/h2-10H,1H3. The molecule has 0 aliphatic carbocycles. The smallest absolute Gasteiger partial charge is 0.240 e. The Balaban J connectivity index is 1.79. The Morgan fingerprint density at radius 1 is 1.14 bits per heavy atom. The molecule has 3 aromatic rings. The van der Waals surface area contributed by atoms with Gasteiger partial charge in [-0.15, -0.1) is 0 Å². The minimum atomic E-state index is -0.0256. The molecule has 6 heteroatoms. The second-order valence-electron chi connectivity index (χ2n) is 4.37. The van der Waals surface area contributed by atoms with E-state index in [9.17, 15) is 0 Å². The van der Waals surface area contributed by atoms with Gasteiger partial charge in [-0.2, -0.15) is 4.98 Å². The first-order valence-electron chi connectivity index (χ1n) is 6.40. The van der Waals surface area contributed by atoms with Crippen molar-refractivity contribution < 1.29 is 4.52 Å². The number of aromatic nitrogens is 3. The largest absolute Gasteiger partial charge is 0.338 e. The first-order valence-corrected chi connectivity index (χ1v) is 7.66. The summed E-state index contributed by atoms with van der Waals surface area (Å²) >= 11 is 7.60. The number of halogens is 1. The lowest BCUT2D eigenvalue weighted by Gasteiger charge is -2.06. The molecule has 0 radical (unpaired) electrons. The topological polar surface area (TPSA) is 51.8 Å². The van der Waals surface area contributed by atoms with Gasteiger partial charge in [-0.05, 0) is 19.1 Å². The predicted octanol–water partition coefficient (Wildman–Crippen LogP) is 4.64. The molecule has 0 saturated carbocycles. The number of benzene rings is 1. The van der Waals surface area contributed by atoms with Gasteiger partial charge in [0.25, 0.3) is 0 Å². The number of hydrogen-bond donors (Lipinski definition) is 0. The van der Waals surface area contributed by atoms with Crippen LogP contribution in [0.25, 0.3) is 11.4 Å². The van der Waals surface area contributed by atoms with Crippen LogP contribution in [0, 0.1) is 0 Å². The van der Waals surface area contributed by atoms with Gasteiger partial charge in [-0.25, -0.2) is 4.98 Å². The van der Waals surface area contributed by atoms with E-state index in [2.05, 4.69) is 15.1 Å². The molecule has 0 saturated heterocycles. The molecule has 0 aliphatic heterocycles. The van der Waals surface area contributed by atoms with E-state index in [1.807, 2.05) is 43.3 Å². The van der Waals surface area contributed by atoms with E-state index in [-0.39, 0.29) is 5.25 Å². The zero-order valence-corrected chi connectivity index (χ0v) is 12.8. The second kappa shape index (κ2) is 6.28. The van der Waals surface area contributed by atoms with Gasteiger partial charge in [0, 0.05) is 11.8 Å². The Morgan fingerprint density at radius 3 is 2.71 bits per heavy atom. The summed E-state index contributed by atoms with van der Waals surface area (Å²) in [4.78, 5) is 8.69. The molecule has 21 heavy (non-hydrogen) atoms. The maximum Gasteiger partial charge on any atom is 0.240 e. The molecule has 106 valence electrons. The monoisotopic (exact) mass is 317 g/mol. The summed E-state index contributed by atoms with van der Waals surface area (Å²) in [7, 11) is 0. The molecule has 0 fully saturated rings. The minimum Gasteiger partial charge on any atom is -0.338 e. The SMILES string of the molecule is CC(Sc1ncccc1Cl)c1nc(-c2ccccc2)no1. The van der Waals surface area contributed by atoms with Gasteiger partial charge in [0.05, 0.1) is 10.3 Å². The van der Waals surface area contributed by atoms with Crippen molar-refractivity contribution >= 4 is 23.4 Å². The summed E-state index contributed by atoms with van der Waals surface area (Å²) in [6, 6.07) is 13.3. The highest BCUT2D eigenvalue weighted by Crippen LogP contribution is 2.36. The van der Waals surface area contributed by atoms with Crippen LogP contribution in [0.5, 0.6) is 0 Å². The van der Waals surface area contributed by atoms with Crippen LogP contribution in [-0.4, -0.2) is 15.1 Å². The lowest BCUT2D eigenvalue weighted by molar-refractivity contribution is 0.380. The van der Waals surface area contributed by atoms with Crippen molar-refractivity contribution in [1.29, 1.82) is 0 Å². The van der Waals surface area contributed by atoms with E-state index in [1.165, 1.54) is 11.8 Å². The first kappa shape index (κ1) is 14.1. The third kappa shape index (κ3) is 3.25. The normalized spacial score (nSPS) is 12.3. The quantitative estimate of drug-likeness (QED) is 0.656. The Bertz CT molecular complexity index is 733. The van der Waals surface area contributed by atoms with Gasteiger partial charge >= 0.3 is 0 Å². The van der Waals surface area contributed by atoms with Gasteiger partial charge in [-0.1, -0.05) is 58.9 Å². The van der Waals surface area contributed by atoms with Gasteiger partial charge in [-0.3, -0.25) is 0 Å². The van der Waals surface area contributed by atoms with Crippen LogP contribution in [0.1, 0.15) is 18.1 Å². The summed E-state index contributed by atoms with van der Waals surface area (Å²) in [6.45, 7) is 1.98. The van der Waals surface area contributed by atoms with Crippen LogP contribution < -0.4 is 0 Å². The van der Waals surface area contributed by atoms with Gasteiger partial charge in [0.15, 0.2) is 0 Å². The molecule has 4 nitrogen and oxygen atoms in total.